The Kier molecular flexibility index (Phi) is 4.06. The van der Waals surface area contributed by atoms with Gasteiger partial charge in [0.15, 0.2) is 0 Å². The highest BCUT2D eigenvalue weighted by Gasteiger charge is 2.13. The van der Waals surface area contributed by atoms with Crippen LogP contribution in [0.25, 0.3) is 20.5 Å². The predicted octanol–water partition coefficient (Wildman–Crippen LogP) is 3.54. The summed E-state index contributed by atoms with van der Waals surface area (Å²) in [5, 5.41) is 4.17. The van der Waals surface area contributed by atoms with Gasteiger partial charge in [-0.3, -0.25) is 14.6 Å². The van der Waals surface area contributed by atoms with Gasteiger partial charge in [-0.15, -0.1) is 11.3 Å². The van der Waals surface area contributed by atoms with Crippen molar-refractivity contribution in [2.75, 3.05) is 19.6 Å². The summed E-state index contributed by atoms with van der Waals surface area (Å²) < 4.78 is 3.17. The zero-order valence-electron chi connectivity index (χ0n) is 13.1. The first-order chi connectivity index (χ1) is 11.3. The number of thiophene rings is 1. The quantitative estimate of drug-likeness (QED) is 0.796. The molecule has 23 heavy (non-hydrogen) atoms. The van der Waals surface area contributed by atoms with Gasteiger partial charge < -0.3 is 4.90 Å². The number of H-pyrrole nitrogens is 1. The second-order valence-corrected chi connectivity index (χ2v) is 7.31. The minimum atomic E-state index is 0.00944. The second-order valence-electron chi connectivity index (χ2n) is 6.23. The maximum absolute atomic E-state index is 12.3. The van der Waals surface area contributed by atoms with Gasteiger partial charge in [-0.25, -0.2) is 0 Å². The van der Waals surface area contributed by atoms with Crippen molar-refractivity contribution in [3.05, 3.63) is 46.9 Å². The topological polar surface area (TPSA) is 41.0 Å². The number of fused-ring (bicyclic) bond motifs is 1. The zero-order valence-corrected chi connectivity index (χ0v) is 13.9. The first kappa shape index (κ1) is 14.7. The Hall–Kier alpha value is -1.85. The van der Waals surface area contributed by atoms with Gasteiger partial charge in [0.2, 0.25) is 0 Å². The van der Waals surface area contributed by atoms with Crippen LogP contribution in [-0.4, -0.2) is 34.3 Å². The fourth-order valence-electron chi connectivity index (χ4n) is 3.28. The number of likely N-dealkylation sites (tertiary alicyclic amines) is 1. The second kappa shape index (κ2) is 6.34. The number of nitrogens with one attached hydrogen (secondary N) is 1. The molecule has 1 aromatic carbocycles. The van der Waals surface area contributed by atoms with Crippen molar-refractivity contribution in [1.82, 2.24) is 14.7 Å². The average molecular weight is 327 g/mol. The summed E-state index contributed by atoms with van der Waals surface area (Å²) in [5.41, 5.74) is 0.792. The Morgan fingerprint density at radius 1 is 1.09 bits per heavy atom. The lowest BCUT2D eigenvalue weighted by Crippen LogP contribution is -2.32. The third kappa shape index (κ3) is 3.12. The van der Waals surface area contributed by atoms with Gasteiger partial charge in [0, 0.05) is 22.3 Å². The molecule has 1 fully saturated rings. The first-order valence-electron chi connectivity index (χ1n) is 8.30. The van der Waals surface area contributed by atoms with E-state index < -0.39 is 0 Å². The van der Waals surface area contributed by atoms with Gasteiger partial charge in [0.25, 0.3) is 5.56 Å². The fourth-order valence-corrected chi connectivity index (χ4v) is 4.35. The van der Waals surface area contributed by atoms with Crippen LogP contribution in [0.15, 0.2) is 41.3 Å². The number of nitrogens with zero attached hydrogens (tertiary/aromatic N) is 2. The lowest BCUT2D eigenvalue weighted by molar-refractivity contribution is 0.218. The van der Waals surface area contributed by atoms with Crippen molar-refractivity contribution in [1.29, 1.82) is 0 Å². The largest absolute Gasteiger partial charge is 0.302 e. The normalized spacial score (nSPS) is 16.2. The molecule has 0 bridgehead atoms. The SMILES string of the molecule is O=c1[nH]n(CCN2CCCCC2)cc1-c1cc2ccccc2s1. The molecule has 2 aromatic heterocycles. The molecule has 3 aromatic rings. The van der Waals surface area contributed by atoms with E-state index in [1.165, 1.54) is 42.4 Å². The van der Waals surface area contributed by atoms with E-state index in [0.717, 1.165) is 23.5 Å². The molecule has 0 radical (unpaired) electrons. The Morgan fingerprint density at radius 3 is 2.74 bits per heavy atom. The molecular weight excluding hydrogens is 306 g/mol. The van der Waals surface area contributed by atoms with Crippen LogP contribution >= 0.6 is 11.3 Å². The molecule has 1 aliphatic heterocycles. The van der Waals surface area contributed by atoms with Crippen LogP contribution in [-0.2, 0) is 6.54 Å². The highest BCUT2D eigenvalue weighted by Crippen LogP contribution is 2.31. The van der Waals surface area contributed by atoms with Crippen molar-refractivity contribution in [2.45, 2.75) is 25.8 Å². The van der Waals surface area contributed by atoms with E-state index in [1.54, 1.807) is 11.3 Å². The van der Waals surface area contributed by atoms with Crippen LogP contribution in [0.1, 0.15) is 19.3 Å². The lowest BCUT2D eigenvalue weighted by atomic mass is 10.1. The molecule has 4 rings (SSSR count). The number of hydrogen-bond acceptors (Lipinski definition) is 3. The van der Waals surface area contributed by atoms with Gasteiger partial charge >= 0.3 is 0 Å². The summed E-state index contributed by atoms with van der Waals surface area (Å²) in [6, 6.07) is 10.4. The summed E-state index contributed by atoms with van der Waals surface area (Å²) >= 11 is 1.68. The van der Waals surface area contributed by atoms with E-state index >= 15 is 0 Å². The van der Waals surface area contributed by atoms with Crippen LogP contribution in [0.3, 0.4) is 0 Å². The molecule has 0 amide bonds. The molecule has 0 atom stereocenters. The third-order valence-electron chi connectivity index (χ3n) is 4.57. The zero-order chi connectivity index (χ0) is 15.6. The molecule has 3 heterocycles. The number of benzene rings is 1. The molecule has 1 saturated heterocycles. The van der Waals surface area contributed by atoms with E-state index in [4.69, 9.17) is 0 Å². The monoisotopic (exact) mass is 327 g/mol. The van der Waals surface area contributed by atoms with Gasteiger partial charge in [-0.05, 0) is 43.5 Å². The Bertz CT molecular complexity index is 821. The smallest absolute Gasteiger partial charge is 0.272 e. The van der Waals surface area contributed by atoms with Gasteiger partial charge in [-0.1, -0.05) is 24.6 Å². The molecule has 120 valence electrons. The fraction of sp³-hybridized carbons (Fsp3) is 0.389. The van der Waals surface area contributed by atoms with Crippen molar-refractivity contribution in [2.24, 2.45) is 0 Å². The highest BCUT2D eigenvalue weighted by molar-refractivity contribution is 7.22. The lowest BCUT2D eigenvalue weighted by Gasteiger charge is -2.26. The average Bonchev–Trinajstić information content (AvgIpc) is 3.17. The summed E-state index contributed by atoms with van der Waals surface area (Å²) in [4.78, 5) is 15.8. The molecule has 1 N–H and O–H groups in total. The highest BCUT2D eigenvalue weighted by atomic mass is 32.1. The van der Waals surface area contributed by atoms with Gasteiger partial charge in [0.1, 0.15) is 0 Å². The van der Waals surface area contributed by atoms with E-state index in [9.17, 15) is 4.79 Å². The predicted molar refractivity (Wildman–Crippen MR) is 96.2 cm³/mol. The Labute approximate surface area is 139 Å². The van der Waals surface area contributed by atoms with Crippen LogP contribution in [0, 0.1) is 0 Å². The Morgan fingerprint density at radius 2 is 1.91 bits per heavy atom. The summed E-state index contributed by atoms with van der Waals surface area (Å²) in [5.74, 6) is 0. The van der Waals surface area contributed by atoms with E-state index in [0.29, 0.717) is 0 Å². The van der Waals surface area contributed by atoms with Crippen molar-refractivity contribution in [3.8, 4) is 10.4 Å². The van der Waals surface area contributed by atoms with Crippen molar-refractivity contribution < 1.29 is 0 Å². The standard InChI is InChI=1S/C18H21N3OS/c22-18-15(17-12-14-6-2-3-7-16(14)23-17)13-21(19-18)11-10-20-8-4-1-5-9-20/h2-3,6-7,12-13H,1,4-5,8-11H2,(H,19,22). The summed E-state index contributed by atoms with van der Waals surface area (Å²) in [6.07, 6.45) is 5.92. The molecule has 0 unspecified atom stereocenters. The molecule has 0 saturated carbocycles. The molecule has 0 aliphatic carbocycles. The molecule has 0 spiro atoms. The number of rotatable bonds is 4. The Balaban J connectivity index is 1.53. The van der Waals surface area contributed by atoms with Crippen molar-refractivity contribution in [3.63, 3.8) is 0 Å². The number of aromatic nitrogens is 2. The van der Waals surface area contributed by atoms with Crippen LogP contribution < -0.4 is 5.56 Å². The maximum atomic E-state index is 12.3. The minimum Gasteiger partial charge on any atom is -0.302 e. The van der Waals surface area contributed by atoms with Gasteiger partial charge in [-0.2, -0.15) is 0 Å². The number of piperidine rings is 1. The number of hydrogen-bond donors (Lipinski definition) is 1. The first-order valence-corrected chi connectivity index (χ1v) is 9.12. The van der Waals surface area contributed by atoms with E-state index in [2.05, 4.69) is 28.2 Å². The van der Waals surface area contributed by atoms with Crippen LogP contribution in [0.5, 0.6) is 0 Å². The third-order valence-corrected chi connectivity index (χ3v) is 5.72. The van der Waals surface area contributed by atoms with Crippen molar-refractivity contribution >= 4 is 21.4 Å². The summed E-state index contributed by atoms with van der Waals surface area (Å²) in [7, 11) is 0. The van der Waals surface area contributed by atoms with Gasteiger partial charge in [0.05, 0.1) is 12.1 Å². The number of aromatic amines is 1. The molecule has 4 nitrogen and oxygen atoms in total. The molecular formula is C18H21N3OS. The minimum absolute atomic E-state index is 0.00944. The van der Waals surface area contributed by atoms with Crippen LogP contribution in [0.4, 0.5) is 0 Å². The summed E-state index contributed by atoms with van der Waals surface area (Å²) in [6.45, 7) is 4.24. The van der Waals surface area contributed by atoms with Crippen LogP contribution in [0.2, 0.25) is 0 Å². The van der Waals surface area contributed by atoms with E-state index in [-0.39, 0.29) is 5.56 Å². The maximum Gasteiger partial charge on any atom is 0.272 e. The molecule has 5 heteroatoms. The van der Waals surface area contributed by atoms with E-state index in [1.807, 2.05) is 23.0 Å². The molecule has 1 aliphatic rings.